The van der Waals surface area contributed by atoms with Gasteiger partial charge in [-0.1, -0.05) is 107 Å². The van der Waals surface area contributed by atoms with E-state index in [9.17, 15) is 0 Å². The molecule has 0 atom stereocenters. The molecule has 8 aromatic carbocycles. The number of benzene rings is 8. The molecular formula is C57H47N3OS. The summed E-state index contributed by atoms with van der Waals surface area (Å²) in [7, 11) is 1.72. The highest BCUT2D eigenvalue weighted by atomic mass is 32.1. The van der Waals surface area contributed by atoms with Crippen molar-refractivity contribution >= 4 is 66.6 Å². The Morgan fingerprint density at radius 2 is 0.774 bits per heavy atom. The summed E-state index contributed by atoms with van der Waals surface area (Å²) in [4.78, 5) is 5.88. The quantitative estimate of drug-likeness (QED) is 0.137. The van der Waals surface area contributed by atoms with Crippen LogP contribution in [0.25, 0.3) is 48.4 Å². The molecule has 0 saturated carbocycles. The summed E-state index contributed by atoms with van der Waals surface area (Å²) in [6, 6.07) is 70.6. The molecule has 10 aromatic rings. The van der Waals surface area contributed by atoms with Crippen LogP contribution in [-0.4, -0.2) is 11.7 Å². The van der Waals surface area contributed by atoms with Crippen LogP contribution in [0, 0.1) is 27.7 Å². The van der Waals surface area contributed by atoms with Crippen LogP contribution in [0.1, 0.15) is 22.3 Å². The number of aryl methyl sites for hydroxylation is 4. The third-order valence-electron chi connectivity index (χ3n) is 11.8. The van der Waals surface area contributed by atoms with Crippen molar-refractivity contribution in [3.05, 3.63) is 216 Å². The zero-order valence-corrected chi connectivity index (χ0v) is 36.4. The molecule has 0 spiro atoms. The van der Waals surface area contributed by atoms with Gasteiger partial charge in [-0.3, -0.25) is 0 Å². The minimum Gasteiger partial charge on any atom is -0.497 e. The Morgan fingerprint density at radius 1 is 0.387 bits per heavy atom. The van der Waals surface area contributed by atoms with E-state index in [2.05, 4.69) is 224 Å². The van der Waals surface area contributed by atoms with Crippen molar-refractivity contribution in [2.75, 3.05) is 16.9 Å². The summed E-state index contributed by atoms with van der Waals surface area (Å²) in [5, 5.41) is 1.24. The molecule has 0 N–H and O–H groups in total. The number of thiophene rings is 1. The SMILES string of the molecule is COc1ccc(-n2c3cc(-c4ccc(N(c5ccc(C)cc5)c5ccc(C)cc5)cc4)ccc3c3sc(-c4ccc(N(c5ccc(C)cc5)c5ccc(C)cc5)cc4)cc32)cc1. The van der Waals surface area contributed by atoms with Gasteiger partial charge in [-0.05, 0) is 154 Å². The number of methoxy groups -OCH3 is 1. The summed E-state index contributed by atoms with van der Waals surface area (Å²) < 4.78 is 9.25. The minimum atomic E-state index is 0.837. The molecule has 0 aliphatic heterocycles. The predicted octanol–water partition coefficient (Wildman–Crippen LogP) is 16.4. The average Bonchev–Trinajstić information content (AvgIpc) is 3.87. The van der Waals surface area contributed by atoms with E-state index in [1.807, 2.05) is 23.5 Å². The highest BCUT2D eigenvalue weighted by molar-refractivity contribution is 7.23. The molecule has 0 aliphatic carbocycles. The molecule has 4 nitrogen and oxygen atoms in total. The van der Waals surface area contributed by atoms with Crippen LogP contribution in [0.3, 0.4) is 0 Å². The topological polar surface area (TPSA) is 20.6 Å². The molecule has 0 radical (unpaired) electrons. The van der Waals surface area contributed by atoms with Gasteiger partial charge in [0, 0.05) is 50.1 Å². The number of nitrogens with zero attached hydrogens (tertiary/aromatic N) is 3. The van der Waals surface area contributed by atoms with Crippen molar-refractivity contribution in [1.29, 1.82) is 0 Å². The lowest BCUT2D eigenvalue weighted by atomic mass is 10.0. The number of hydrogen-bond donors (Lipinski definition) is 0. The second-order valence-electron chi connectivity index (χ2n) is 16.2. The molecule has 0 bridgehead atoms. The van der Waals surface area contributed by atoms with Crippen LogP contribution < -0.4 is 14.5 Å². The Hall–Kier alpha value is -7.34. The molecule has 2 aromatic heterocycles. The smallest absolute Gasteiger partial charge is 0.119 e. The van der Waals surface area contributed by atoms with Gasteiger partial charge in [-0.25, -0.2) is 0 Å². The van der Waals surface area contributed by atoms with Crippen LogP contribution >= 0.6 is 11.3 Å². The van der Waals surface area contributed by atoms with Gasteiger partial charge in [-0.2, -0.15) is 0 Å². The van der Waals surface area contributed by atoms with Crippen LogP contribution in [0.2, 0.25) is 0 Å². The summed E-state index contributed by atoms with van der Waals surface area (Å²) in [6.45, 7) is 8.52. The van der Waals surface area contributed by atoms with E-state index in [4.69, 9.17) is 4.74 Å². The lowest BCUT2D eigenvalue weighted by Gasteiger charge is -2.26. The van der Waals surface area contributed by atoms with E-state index in [0.29, 0.717) is 0 Å². The van der Waals surface area contributed by atoms with Gasteiger partial charge in [0.25, 0.3) is 0 Å². The molecule has 5 heteroatoms. The molecule has 0 saturated heterocycles. The standard InChI is InChI=1S/C57H47N3OS/c1-38-6-19-45(20-7-38)58(46-21-8-39(2)9-22-46)49-27-14-42(15-28-49)44-18-35-53-54(36-44)60(51-31-33-52(61-5)34-32-51)55-37-56(62-57(53)55)43-16-29-50(30-17-43)59(47-23-10-40(3)11-24-47)48-25-12-41(4)13-26-48/h6-37H,1-5H3. The lowest BCUT2D eigenvalue weighted by molar-refractivity contribution is 0.415. The number of ether oxygens (including phenoxy) is 1. The number of rotatable bonds is 10. The fourth-order valence-corrected chi connectivity index (χ4v) is 9.54. The normalized spacial score (nSPS) is 11.3. The van der Waals surface area contributed by atoms with Gasteiger partial charge in [-0.15, -0.1) is 11.3 Å². The van der Waals surface area contributed by atoms with Crippen LogP contribution in [0.5, 0.6) is 5.75 Å². The monoisotopic (exact) mass is 821 g/mol. The zero-order valence-electron chi connectivity index (χ0n) is 35.6. The molecule has 0 amide bonds. The van der Waals surface area contributed by atoms with Crippen molar-refractivity contribution in [3.8, 4) is 33.0 Å². The van der Waals surface area contributed by atoms with Crippen LogP contribution in [0.4, 0.5) is 34.1 Å². The maximum absolute atomic E-state index is 5.57. The molecule has 0 unspecified atom stereocenters. The van der Waals surface area contributed by atoms with E-state index in [1.165, 1.54) is 64.9 Å². The highest BCUT2D eigenvalue weighted by Gasteiger charge is 2.19. The van der Waals surface area contributed by atoms with Crippen LogP contribution in [0.15, 0.2) is 194 Å². The van der Waals surface area contributed by atoms with Crippen molar-refractivity contribution in [3.63, 3.8) is 0 Å². The number of anilines is 6. The second-order valence-corrected chi connectivity index (χ2v) is 17.2. The Morgan fingerprint density at radius 3 is 1.19 bits per heavy atom. The maximum Gasteiger partial charge on any atom is 0.119 e. The van der Waals surface area contributed by atoms with Crippen molar-refractivity contribution < 1.29 is 4.74 Å². The van der Waals surface area contributed by atoms with Crippen LogP contribution in [-0.2, 0) is 0 Å². The lowest BCUT2D eigenvalue weighted by Crippen LogP contribution is -2.09. The third kappa shape index (κ3) is 7.42. The summed E-state index contributed by atoms with van der Waals surface area (Å²) >= 11 is 1.85. The van der Waals surface area contributed by atoms with E-state index in [-0.39, 0.29) is 0 Å². The van der Waals surface area contributed by atoms with E-state index in [1.54, 1.807) is 7.11 Å². The largest absolute Gasteiger partial charge is 0.497 e. The molecule has 62 heavy (non-hydrogen) atoms. The van der Waals surface area contributed by atoms with Gasteiger partial charge >= 0.3 is 0 Å². The fourth-order valence-electron chi connectivity index (χ4n) is 8.36. The minimum absolute atomic E-state index is 0.837. The maximum atomic E-state index is 5.57. The van der Waals surface area contributed by atoms with Gasteiger partial charge in [0.1, 0.15) is 5.75 Å². The number of fused-ring (bicyclic) bond motifs is 3. The summed E-state index contributed by atoms with van der Waals surface area (Å²) in [6.07, 6.45) is 0. The van der Waals surface area contributed by atoms with Gasteiger partial charge in [0.05, 0.1) is 22.8 Å². The van der Waals surface area contributed by atoms with Crippen molar-refractivity contribution in [2.45, 2.75) is 27.7 Å². The molecule has 0 fully saturated rings. The average molecular weight is 822 g/mol. The van der Waals surface area contributed by atoms with Gasteiger partial charge in [0.15, 0.2) is 0 Å². The Balaban J connectivity index is 1.03. The van der Waals surface area contributed by atoms with Crippen molar-refractivity contribution in [1.82, 2.24) is 4.57 Å². The van der Waals surface area contributed by atoms with Gasteiger partial charge in [0.2, 0.25) is 0 Å². The Kier molecular flexibility index (Phi) is 10.2. The first kappa shape index (κ1) is 38.8. The number of aromatic nitrogens is 1. The second kappa shape index (κ2) is 16.3. The third-order valence-corrected chi connectivity index (χ3v) is 13.0. The zero-order chi connectivity index (χ0) is 42.3. The molecule has 10 rings (SSSR count). The molecular weight excluding hydrogens is 775 g/mol. The molecule has 0 aliphatic rings. The predicted molar refractivity (Wildman–Crippen MR) is 264 cm³/mol. The first-order valence-corrected chi connectivity index (χ1v) is 21.9. The van der Waals surface area contributed by atoms with E-state index >= 15 is 0 Å². The summed E-state index contributed by atoms with van der Waals surface area (Å²) in [5.41, 5.74) is 18.7. The first-order chi connectivity index (χ1) is 30.3. The highest BCUT2D eigenvalue weighted by Crippen LogP contribution is 2.44. The van der Waals surface area contributed by atoms with E-state index < -0.39 is 0 Å². The van der Waals surface area contributed by atoms with E-state index in [0.717, 1.165) is 45.6 Å². The molecule has 2 heterocycles. The van der Waals surface area contributed by atoms with Gasteiger partial charge < -0.3 is 19.1 Å². The molecule has 302 valence electrons. The Labute approximate surface area is 368 Å². The first-order valence-electron chi connectivity index (χ1n) is 21.1. The number of hydrogen-bond acceptors (Lipinski definition) is 4. The van der Waals surface area contributed by atoms with Crippen molar-refractivity contribution in [2.24, 2.45) is 0 Å². The fraction of sp³-hybridized carbons (Fsp3) is 0.0877. The summed E-state index contributed by atoms with van der Waals surface area (Å²) in [5.74, 6) is 0.837. The Bertz CT molecular complexity index is 2920.